The average Bonchev–Trinajstić information content (AvgIpc) is 3.35. The molecule has 4 rings (SSSR count). The van der Waals surface area contributed by atoms with Crippen LogP contribution in [-0.4, -0.2) is 16.8 Å². The van der Waals surface area contributed by atoms with Crippen molar-refractivity contribution in [3.05, 3.63) is 71.3 Å². The molecule has 2 amide bonds. The molecule has 2 N–H and O–H groups in total. The number of carbonyl (C=O) groups excluding carboxylic acids is 2. The number of fused-ring (bicyclic) bond motifs is 1. The molecule has 4 aromatic rings. The molecule has 0 spiro atoms. The molecule has 0 bridgehead atoms. The normalized spacial score (nSPS) is 10.8. The van der Waals surface area contributed by atoms with E-state index in [2.05, 4.69) is 15.6 Å². The Kier molecular flexibility index (Phi) is 5.39. The smallest absolute Gasteiger partial charge is 0.230 e. The summed E-state index contributed by atoms with van der Waals surface area (Å²) in [6.07, 6.45) is 0.279. The third-order valence-corrected chi connectivity index (χ3v) is 5.11. The van der Waals surface area contributed by atoms with Gasteiger partial charge in [-0.05, 0) is 28.5 Å². The topological polar surface area (TPSA) is 84.2 Å². The summed E-state index contributed by atoms with van der Waals surface area (Å²) >= 11 is 1.34. The van der Waals surface area contributed by atoms with Crippen molar-refractivity contribution < 1.29 is 14.0 Å². The van der Waals surface area contributed by atoms with Crippen molar-refractivity contribution in [2.75, 3.05) is 5.32 Å². The zero-order valence-electron chi connectivity index (χ0n) is 15.8. The summed E-state index contributed by atoms with van der Waals surface area (Å²) in [6.45, 7) is 1.78. The van der Waals surface area contributed by atoms with Gasteiger partial charge in [0.2, 0.25) is 11.8 Å². The first kappa shape index (κ1) is 18.9. The second-order valence-corrected chi connectivity index (χ2v) is 7.48. The van der Waals surface area contributed by atoms with Crippen LogP contribution in [0.1, 0.15) is 18.2 Å². The van der Waals surface area contributed by atoms with Crippen LogP contribution >= 0.6 is 11.3 Å². The van der Waals surface area contributed by atoms with Gasteiger partial charge in [0.25, 0.3) is 0 Å². The quantitative estimate of drug-likeness (QED) is 0.499. The molecular formula is C22H19N3O3S. The Balaban J connectivity index is 1.39. The summed E-state index contributed by atoms with van der Waals surface area (Å²) in [6, 6.07) is 17.7. The van der Waals surface area contributed by atoms with Crippen molar-refractivity contribution in [3.8, 4) is 11.5 Å². The molecule has 29 heavy (non-hydrogen) atoms. The van der Waals surface area contributed by atoms with E-state index in [1.54, 1.807) is 12.1 Å². The Morgan fingerprint density at radius 2 is 1.90 bits per heavy atom. The molecule has 6 nitrogen and oxygen atoms in total. The number of amides is 2. The molecule has 0 atom stereocenters. The summed E-state index contributed by atoms with van der Waals surface area (Å²) in [4.78, 5) is 27.8. The van der Waals surface area contributed by atoms with E-state index in [9.17, 15) is 9.59 Å². The first-order valence-electron chi connectivity index (χ1n) is 9.13. The fourth-order valence-corrected chi connectivity index (χ4v) is 3.68. The Morgan fingerprint density at radius 1 is 1.07 bits per heavy atom. The second kappa shape index (κ2) is 8.28. The Labute approximate surface area is 171 Å². The minimum Gasteiger partial charge on any atom is -0.458 e. The molecule has 0 aliphatic carbocycles. The van der Waals surface area contributed by atoms with Gasteiger partial charge in [-0.15, -0.1) is 11.3 Å². The molecule has 0 fully saturated rings. The van der Waals surface area contributed by atoms with Gasteiger partial charge in [0, 0.05) is 12.3 Å². The van der Waals surface area contributed by atoms with Crippen LogP contribution in [0.15, 0.2) is 64.4 Å². The SMILES string of the molecule is CC(=O)NCc1ccc(-c2csc(NC(=O)Cc3ccc4ccccc4c3)n2)o1. The minimum absolute atomic E-state index is 0.118. The molecule has 2 aromatic carbocycles. The Hall–Kier alpha value is -3.45. The fraction of sp³-hybridized carbons (Fsp3) is 0.136. The van der Waals surface area contributed by atoms with Crippen molar-refractivity contribution >= 4 is 39.1 Å². The van der Waals surface area contributed by atoms with Crippen LogP contribution in [0.3, 0.4) is 0 Å². The number of hydrogen-bond donors (Lipinski definition) is 2. The zero-order chi connectivity index (χ0) is 20.2. The number of aromatic nitrogens is 1. The number of furan rings is 1. The van der Waals surface area contributed by atoms with Crippen LogP contribution in [0.5, 0.6) is 0 Å². The fourth-order valence-electron chi connectivity index (χ4n) is 2.96. The van der Waals surface area contributed by atoms with Crippen molar-refractivity contribution in [2.24, 2.45) is 0 Å². The molecule has 2 aromatic heterocycles. The van der Waals surface area contributed by atoms with Crippen molar-refractivity contribution in [3.63, 3.8) is 0 Å². The highest BCUT2D eigenvalue weighted by Crippen LogP contribution is 2.27. The lowest BCUT2D eigenvalue weighted by Gasteiger charge is -2.04. The molecular weight excluding hydrogens is 386 g/mol. The first-order valence-corrected chi connectivity index (χ1v) is 10.0. The van der Waals surface area contributed by atoms with E-state index in [0.717, 1.165) is 16.3 Å². The Bertz CT molecular complexity index is 1180. The summed E-state index contributed by atoms with van der Waals surface area (Å²) in [5.74, 6) is 1.00. The lowest BCUT2D eigenvalue weighted by molar-refractivity contribution is -0.119. The van der Waals surface area contributed by atoms with Crippen LogP contribution in [-0.2, 0) is 22.6 Å². The van der Waals surface area contributed by atoms with E-state index in [0.29, 0.717) is 28.9 Å². The molecule has 0 saturated heterocycles. The number of rotatable bonds is 6. The summed E-state index contributed by atoms with van der Waals surface area (Å²) in [5.41, 5.74) is 1.59. The highest BCUT2D eigenvalue weighted by molar-refractivity contribution is 7.14. The van der Waals surface area contributed by atoms with Crippen molar-refractivity contribution in [1.82, 2.24) is 10.3 Å². The number of thiazole rings is 1. The first-order chi connectivity index (χ1) is 14.1. The molecule has 2 heterocycles. The predicted molar refractivity (Wildman–Crippen MR) is 114 cm³/mol. The Morgan fingerprint density at radius 3 is 2.72 bits per heavy atom. The van der Waals surface area contributed by atoms with Gasteiger partial charge in [-0.25, -0.2) is 4.98 Å². The molecule has 0 aliphatic heterocycles. The predicted octanol–water partition coefficient (Wildman–Crippen LogP) is 4.37. The zero-order valence-corrected chi connectivity index (χ0v) is 16.6. The van der Waals surface area contributed by atoms with Crippen LogP contribution in [0, 0.1) is 0 Å². The van der Waals surface area contributed by atoms with Crippen LogP contribution in [0.4, 0.5) is 5.13 Å². The summed E-state index contributed by atoms with van der Waals surface area (Å²) in [7, 11) is 0. The number of carbonyl (C=O) groups is 2. The maximum absolute atomic E-state index is 12.4. The third-order valence-electron chi connectivity index (χ3n) is 4.35. The monoisotopic (exact) mass is 405 g/mol. The second-order valence-electron chi connectivity index (χ2n) is 6.62. The average molecular weight is 405 g/mol. The number of nitrogens with zero attached hydrogens (tertiary/aromatic N) is 1. The molecule has 0 radical (unpaired) electrons. The molecule has 0 saturated carbocycles. The van der Waals surface area contributed by atoms with Gasteiger partial charge in [0.05, 0.1) is 13.0 Å². The number of nitrogens with one attached hydrogen (secondary N) is 2. The van der Waals surface area contributed by atoms with Gasteiger partial charge >= 0.3 is 0 Å². The minimum atomic E-state index is -0.119. The standard InChI is InChI=1S/C22H19N3O3S/c1-14(26)23-12-18-8-9-20(28-18)19-13-29-22(24-19)25-21(27)11-15-6-7-16-4-2-3-5-17(16)10-15/h2-10,13H,11-12H2,1H3,(H,23,26)(H,24,25,27). The van der Waals surface area contributed by atoms with Crippen LogP contribution in [0.25, 0.3) is 22.2 Å². The van der Waals surface area contributed by atoms with Gasteiger partial charge in [0.15, 0.2) is 10.9 Å². The van der Waals surface area contributed by atoms with E-state index >= 15 is 0 Å². The van der Waals surface area contributed by atoms with E-state index in [1.807, 2.05) is 47.8 Å². The van der Waals surface area contributed by atoms with E-state index < -0.39 is 0 Å². The highest BCUT2D eigenvalue weighted by Gasteiger charge is 2.12. The maximum Gasteiger partial charge on any atom is 0.230 e. The van der Waals surface area contributed by atoms with Gasteiger partial charge in [0.1, 0.15) is 11.5 Å². The summed E-state index contributed by atoms with van der Waals surface area (Å²) in [5, 5.41) is 10.1. The number of hydrogen-bond acceptors (Lipinski definition) is 5. The van der Waals surface area contributed by atoms with Gasteiger partial charge < -0.3 is 15.1 Å². The molecule has 0 unspecified atom stereocenters. The van der Waals surface area contributed by atoms with E-state index in [4.69, 9.17) is 4.42 Å². The molecule has 7 heteroatoms. The molecule has 146 valence electrons. The van der Waals surface area contributed by atoms with Crippen LogP contribution < -0.4 is 10.6 Å². The lowest BCUT2D eigenvalue weighted by Crippen LogP contribution is -2.18. The highest BCUT2D eigenvalue weighted by atomic mass is 32.1. The third kappa shape index (κ3) is 4.70. The van der Waals surface area contributed by atoms with Gasteiger partial charge in [-0.3, -0.25) is 9.59 Å². The van der Waals surface area contributed by atoms with E-state index in [1.165, 1.54) is 18.3 Å². The number of benzene rings is 2. The van der Waals surface area contributed by atoms with Crippen LogP contribution in [0.2, 0.25) is 0 Å². The maximum atomic E-state index is 12.4. The van der Waals surface area contributed by atoms with Gasteiger partial charge in [-0.2, -0.15) is 0 Å². The lowest BCUT2D eigenvalue weighted by atomic mass is 10.1. The van der Waals surface area contributed by atoms with Crippen molar-refractivity contribution in [1.29, 1.82) is 0 Å². The van der Waals surface area contributed by atoms with Crippen molar-refractivity contribution in [2.45, 2.75) is 19.9 Å². The largest absolute Gasteiger partial charge is 0.458 e. The number of anilines is 1. The molecule has 0 aliphatic rings. The summed E-state index contributed by atoms with van der Waals surface area (Å²) < 4.78 is 5.69. The van der Waals surface area contributed by atoms with E-state index in [-0.39, 0.29) is 18.2 Å². The van der Waals surface area contributed by atoms with Gasteiger partial charge in [-0.1, -0.05) is 42.5 Å².